The first-order chi connectivity index (χ1) is 17.6. The standard InChI is InChI=1S/C22H23F4N7O4/c1-35-8-11-7-33-18(28-11)12(22(24,25)26)6-27-19(33)29-15-2-13(31-32-15)17-16(23)14(9-36-17)37-20(34)30-21-3-10(4-21)5-21/h2,6-7,10,14,16-17H,3-5,8-9H2,1H3,(H,30,34)(H2,27,29,31,32)/t10?,14-,16+,17-,21?/m1/s1. The number of carbonyl (C=O) groups excluding carboxylic acids is 1. The van der Waals surface area contributed by atoms with Gasteiger partial charge in [0.15, 0.2) is 23.7 Å². The van der Waals surface area contributed by atoms with Crippen molar-refractivity contribution in [2.45, 2.75) is 56.0 Å². The van der Waals surface area contributed by atoms with Gasteiger partial charge in [-0.1, -0.05) is 0 Å². The van der Waals surface area contributed by atoms with Crippen molar-refractivity contribution in [2.24, 2.45) is 5.92 Å². The molecule has 3 aromatic heterocycles. The number of halogens is 4. The smallest absolute Gasteiger partial charge is 0.421 e. The number of ether oxygens (including phenoxy) is 3. The first-order valence-electron chi connectivity index (χ1n) is 11.6. The van der Waals surface area contributed by atoms with Gasteiger partial charge in [-0.05, 0) is 25.2 Å². The molecule has 3 aromatic rings. The molecule has 3 atom stereocenters. The van der Waals surface area contributed by atoms with Gasteiger partial charge in [-0.25, -0.2) is 19.2 Å². The molecule has 0 unspecified atom stereocenters. The van der Waals surface area contributed by atoms with Crippen molar-refractivity contribution in [3.8, 4) is 0 Å². The zero-order chi connectivity index (χ0) is 25.9. The van der Waals surface area contributed by atoms with Crippen LogP contribution in [-0.2, 0) is 27.0 Å². The molecule has 4 heterocycles. The van der Waals surface area contributed by atoms with Gasteiger partial charge in [-0.15, -0.1) is 0 Å². The van der Waals surface area contributed by atoms with Crippen LogP contribution >= 0.6 is 0 Å². The van der Waals surface area contributed by atoms with E-state index in [1.165, 1.54) is 19.4 Å². The number of aromatic nitrogens is 5. The lowest BCUT2D eigenvalue weighted by atomic mass is 9.50. The summed E-state index contributed by atoms with van der Waals surface area (Å²) in [5.41, 5.74) is -1.02. The highest BCUT2D eigenvalue weighted by Crippen LogP contribution is 2.57. The summed E-state index contributed by atoms with van der Waals surface area (Å²) in [5.74, 6) is 0.838. The van der Waals surface area contributed by atoms with Crippen molar-refractivity contribution >= 4 is 23.5 Å². The average molecular weight is 525 g/mol. The molecule has 0 aromatic carbocycles. The Hall–Kier alpha value is -3.46. The molecule has 37 heavy (non-hydrogen) atoms. The molecule has 1 amide bonds. The number of aromatic amines is 1. The Balaban J connectivity index is 1.15. The molecule has 198 valence electrons. The molecule has 11 nitrogen and oxygen atoms in total. The number of hydrogen-bond donors (Lipinski definition) is 3. The van der Waals surface area contributed by atoms with Gasteiger partial charge >= 0.3 is 12.3 Å². The number of nitrogens with zero attached hydrogens (tertiary/aromatic N) is 4. The second-order valence-electron chi connectivity index (χ2n) is 9.71. The molecule has 7 rings (SSSR count). The zero-order valence-corrected chi connectivity index (χ0v) is 19.5. The number of hydrogen-bond acceptors (Lipinski definition) is 8. The largest absolute Gasteiger partial charge is 0.441 e. The Morgan fingerprint density at radius 3 is 2.81 bits per heavy atom. The number of nitrogens with one attached hydrogen (secondary N) is 3. The van der Waals surface area contributed by atoms with Crippen LogP contribution in [0.25, 0.3) is 5.65 Å². The Morgan fingerprint density at radius 1 is 1.35 bits per heavy atom. The third-order valence-corrected chi connectivity index (χ3v) is 7.03. The van der Waals surface area contributed by atoms with Gasteiger partial charge in [0.2, 0.25) is 5.95 Å². The minimum absolute atomic E-state index is 0.00460. The van der Waals surface area contributed by atoms with Crippen LogP contribution in [-0.4, -0.2) is 62.2 Å². The number of rotatable bonds is 7. The number of fused-ring (bicyclic) bond motifs is 1. The molecule has 0 radical (unpaired) electrons. The molecule has 3 N–H and O–H groups in total. The monoisotopic (exact) mass is 525 g/mol. The molecule has 1 aliphatic heterocycles. The van der Waals surface area contributed by atoms with Gasteiger partial charge in [0.1, 0.15) is 11.7 Å². The first kappa shape index (κ1) is 23.9. The lowest BCUT2D eigenvalue weighted by Gasteiger charge is -2.61. The molecule has 15 heteroatoms. The summed E-state index contributed by atoms with van der Waals surface area (Å²) in [6, 6.07) is 1.44. The fraction of sp³-hybridized carbons (Fsp3) is 0.545. The quantitative estimate of drug-likeness (QED) is 0.401. The van der Waals surface area contributed by atoms with Crippen molar-refractivity contribution in [3.63, 3.8) is 0 Å². The lowest BCUT2D eigenvalue weighted by Crippen LogP contribution is -2.68. The van der Waals surface area contributed by atoms with Crippen molar-refractivity contribution in [1.82, 2.24) is 29.9 Å². The Kier molecular flexibility index (Phi) is 5.52. The van der Waals surface area contributed by atoms with Crippen molar-refractivity contribution < 1.29 is 36.6 Å². The van der Waals surface area contributed by atoms with Crippen molar-refractivity contribution in [3.05, 3.63) is 35.4 Å². The molecule has 2 bridgehead atoms. The molecular weight excluding hydrogens is 502 g/mol. The highest BCUT2D eigenvalue weighted by molar-refractivity contribution is 5.69. The van der Waals surface area contributed by atoms with Gasteiger partial charge in [0.05, 0.1) is 24.6 Å². The van der Waals surface area contributed by atoms with Gasteiger partial charge < -0.3 is 24.8 Å². The van der Waals surface area contributed by atoms with Crippen LogP contribution < -0.4 is 10.6 Å². The van der Waals surface area contributed by atoms with Crippen LogP contribution in [0.4, 0.5) is 34.1 Å². The number of H-pyrrole nitrogens is 1. The van der Waals surface area contributed by atoms with E-state index < -0.39 is 36.2 Å². The fourth-order valence-corrected chi connectivity index (χ4v) is 5.15. The minimum atomic E-state index is -4.66. The van der Waals surface area contributed by atoms with Gasteiger partial charge in [0.25, 0.3) is 0 Å². The minimum Gasteiger partial charge on any atom is -0.441 e. The lowest BCUT2D eigenvalue weighted by molar-refractivity contribution is -0.136. The van der Waals surface area contributed by atoms with Crippen LogP contribution in [0.2, 0.25) is 0 Å². The maximum atomic E-state index is 15.1. The predicted octanol–water partition coefficient (Wildman–Crippen LogP) is 3.42. The Morgan fingerprint density at radius 2 is 2.14 bits per heavy atom. The van der Waals surface area contributed by atoms with Crippen molar-refractivity contribution in [2.75, 3.05) is 19.0 Å². The number of methoxy groups -OCH3 is 1. The van der Waals surface area contributed by atoms with Crippen LogP contribution in [0, 0.1) is 5.92 Å². The Labute approximate surface area is 206 Å². The molecule has 4 fully saturated rings. The molecule has 3 saturated carbocycles. The second-order valence-corrected chi connectivity index (χ2v) is 9.71. The van der Waals surface area contributed by atoms with Crippen molar-refractivity contribution in [1.29, 1.82) is 0 Å². The summed E-state index contributed by atoms with van der Waals surface area (Å²) in [6.07, 6.45) is -4.28. The molecule has 4 aliphatic rings. The third-order valence-electron chi connectivity index (χ3n) is 7.03. The maximum absolute atomic E-state index is 15.1. The van der Waals surface area contributed by atoms with E-state index >= 15 is 4.39 Å². The molecule has 3 aliphatic carbocycles. The first-order valence-corrected chi connectivity index (χ1v) is 11.6. The highest BCUT2D eigenvalue weighted by atomic mass is 19.4. The summed E-state index contributed by atoms with van der Waals surface area (Å²) in [5, 5.41) is 12.3. The molecule has 1 saturated heterocycles. The van der Waals surface area contributed by atoms with E-state index in [0.717, 1.165) is 23.7 Å². The SMILES string of the molecule is COCc1cn2c(Nc3cc([C@H]4OC[C@@H](OC(=O)NC56CC(C5)C6)[C@@H]4F)[nH]n3)ncc(C(F)(F)F)c2n1. The van der Waals surface area contributed by atoms with E-state index in [4.69, 9.17) is 14.2 Å². The fourth-order valence-electron chi connectivity index (χ4n) is 5.15. The number of amides is 1. The van der Waals surface area contributed by atoms with E-state index in [1.807, 2.05) is 0 Å². The second kappa shape index (κ2) is 8.55. The van der Waals surface area contributed by atoms with Gasteiger partial charge in [-0.3, -0.25) is 9.50 Å². The third kappa shape index (κ3) is 4.25. The van der Waals surface area contributed by atoms with Crippen LogP contribution in [0.1, 0.15) is 42.3 Å². The van der Waals surface area contributed by atoms with Crippen LogP contribution in [0.5, 0.6) is 0 Å². The number of imidazole rings is 1. The van der Waals surface area contributed by atoms with Gasteiger partial charge in [0, 0.05) is 31.1 Å². The number of alkyl carbamates (subject to hydrolysis) is 1. The summed E-state index contributed by atoms with van der Waals surface area (Å²) in [6.45, 7) is -0.125. The zero-order valence-electron chi connectivity index (χ0n) is 19.5. The predicted molar refractivity (Wildman–Crippen MR) is 118 cm³/mol. The van der Waals surface area contributed by atoms with Crippen LogP contribution in [0.3, 0.4) is 0 Å². The summed E-state index contributed by atoms with van der Waals surface area (Å²) >= 11 is 0. The van der Waals surface area contributed by atoms with E-state index in [0.29, 0.717) is 12.1 Å². The van der Waals surface area contributed by atoms with E-state index in [1.54, 1.807) is 0 Å². The Bertz CT molecular complexity index is 1330. The summed E-state index contributed by atoms with van der Waals surface area (Å²) in [4.78, 5) is 20.1. The summed E-state index contributed by atoms with van der Waals surface area (Å²) < 4.78 is 72.3. The summed E-state index contributed by atoms with van der Waals surface area (Å²) in [7, 11) is 1.40. The van der Waals surface area contributed by atoms with E-state index in [9.17, 15) is 18.0 Å². The topological polar surface area (TPSA) is 128 Å². The normalized spacial score (nSPS) is 28.6. The highest BCUT2D eigenvalue weighted by Gasteiger charge is 2.58. The van der Waals surface area contributed by atoms with E-state index in [2.05, 4.69) is 30.8 Å². The number of carbonyl (C=O) groups is 1. The molecule has 0 spiro atoms. The molecular formula is C22H23F4N7O4. The average Bonchev–Trinajstić information content (AvgIpc) is 3.49. The number of anilines is 2. The number of alkyl halides is 4. The van der Waals surface area contributed by atoms with E-state index in [-0.39, 0.29) is 47.6 Å². The van der Waals surface area contributed by atoms with Gasteiger partial charge in [-0.2, -0.15) is 18.3 Å². The maximum Gasteiger partial charge on any atom is 0.421 e. The van der Waals surface area contributed by atoms with Crippen LogP contribution in [0.15, 0.2) is 18.5 Å².